The van der Waals surface area contributed by atoms with Crippen LogP contribution < -0.4 is 5.32 Å². The van der Waals surface area contributed by atoms with Crippen LogP contribution in [-0.4, -0.2) is 85.3 Å². The molecule has 0 bridgehead atoms. The van der Waals surface area contributed by atoms with Crippen LogP contribution in [0.1, 0.15) is 51.9 Å². The maximum Gasteiger partial charge on any atom is 0.409 e. The average Bonchev–Trinajstić information content (AvgIpc) is 3.34. The molecule has 7 nitrogen and oxygen atoms in total. The van der Waals surface area contributed by atoms with Crippen LogP contribution in [0.3, 0.4) is 0 Å². The average molecular weight is 393 g/mol. The molecule has 2 unspecified atom stereocenters. The molecule has 0 aromatic carbocycles. The first-order chi connectivity index (χ1) is 13.5. The fraction of sp³-hybridized carbons (Fsp3) is 0.905. The predicted octanol–water partition coefficient (Wildman–Crippen LogP) is 2.51. The van der Waals surface area contributed by atoms with Gasteiger partial charge in [0.25, 0.3) is 0 Å². The van der Waals surface area contributed by atoms with Gasteiger partial charge in [-0.15, -0.1) is 0 Å². The van der Waals surface area contributed by atoms with Crippen molar-refractivity contribution in [1.82, 2.24) is 20.0 Å². The van der Waals surface area contributed by atoms with Gasteiger partial charge in [-0.2, -0.15) is 0 Å². The van der Waals surface area contributed by atoms with Gasteiger partial charge in [-0.05, 0) is 70.9 Å². The van der Waals surface area contributed by atoms with Crippen LogP contribution in [0.5, 0.6) is 0 Å². The molecule has 0 aromatic heterocycles. The number of nitrogens with one attached hydrogen (secondary N) is 1. The molecule has 0 radical (unpaired) electrons. The minimum atomic E-state index is -0.144. The predicted molar refractivity (Wildman–Crippen MR) is 107 cm³/mol. The summed E-state index contributed by atoms with van der Waals surface area (Å²) in [7, 11) is 1.74. The SMILES string of the molecule is CCOC(=O)N1CC2(CCC(N3CCC(C4CCCN4C(=O)NC)CC3)C2)C1. The van der Waals surface area contributed by atoms with E-state index in [0.717, 1.165) is 45.6 Å². The number of urea groups is 1. The van der Waals surface area contributed by atoms with E-state index in [1.54, 1.807) is 7.05 Å². The number of hydrogen-bond donors (Lipinski definition) is 1. The third-order valence-corrected chi connectivity index (χ3v) is 7.66. The van der Waals surface area contributed by atoms with Gasteiger partial charge in [0, 0.05) is 44.2 Å². The van der Waals surface area contributed by atoms with Crippen molar-refractivity contribution in [3.05, 3.63) is 0 Å². The summed E-state index contributed by atoms with van der Waals surface area (Å²) in [6, 6.07) is 1.20. The maximum absolute atomic E-state index is 12.1. The molecule has 1 aliphatic carbocycles. The minimum absolute atomic E-state index is 0.0961. The Morgan fingerprint density at radius 1 is 1.11 bits per heavy atom. The second-order valence-corrected chi connectivity index (χ2v) is 9.28. The van der Waals surface area contributed by atoms with E-state index in [1.807, 2.05) is 11.8 Å². The fourth-order valence-corrected chi connectivity index (χ4v) is 6.23. The quantitative estimate of drug-likeness (QED) is 0.802. The molecule has 0 aromatic rings. The molecule has 4 rings (SSSR count). The lowest BCUT2D eigenvalue weighted by Crippen LogP contribution is -2.58. The van der Waals surface area contributed by atoms with Gasteiger partial charge in [0.2, 0.25) is 0 Å². The van der Waals surface area contributed by atoms with Gasteiger partial charge in [0.1, 0.15) is 0 Å². The molecule has 2 atom stereocenters. The van der Waals surface area contributed by atoms with Crippen molar-refractivity contribution >= 4 is 12.1 Å². The highest BCUT2D eigenvalue weighted by atomic mass is 16.6. The number of likely N-dealkylation sites (tertiary alicyclic amines) is 3. The summed E-state index contributed by atoms with van der Waals surface area (Å²) in [5.74, 6) is 0.648. The topological polar surface area (TPSA) is 65.1 Å². The molecule has 1 N–H and O–H groups in total. The normalized spacial score (nSPS) is 30.5. The standard InChI is InChI=1S/C21H36N4O3/c1-3-28-20(27)24-14-21(15-24)9-6-17(13-21)23-11-7-16(8-12-23)18-5-4-10-25(18)19(26)22-2/h16-18H,3-15H2,1-2H3,(H,22,26). The van der Waals surface area contributed by atoms with Crippen LogP contribution in [0.2, 0.25) is 0 Å². The van der Waals surface area contributed by atoms with Crippen LogP contribution in [-0.2, 0) is 4.74 Å². The third kappa shape index (κ3) is 3.70. The largest absolute Gasteiger partial charge is 0.450 e. The van der Waals surface area contributed by atoms with Gasteiger partial charge >= 0.3 is 12.1 Å². The zero-order chi connectivity index (χ0) is 19.7. The van der Waals surface area contributed by atoms with Crippen molar-refractivity contribution in [3.8, 4) is 0 Å². The van der Waals surface area contributed by atoms with Gasteiger partial charge in [-0.3, -0.25) is 0 Å². The summed E-state index contributed by atoms with van der Waals surface area (Å²) in [6.07, 6.45) is 8.29. The molecule has 28 heavy (non-hydrogen) atoms. The van der Waals surface area contributed by atoms with E-state index in [2.05, 4.69) is 15.1 Å². The molecule has 7 heteroatoms. The van der Waals surface area contributed by atoms with E-state index < -0.39 is 0 Å². The molecule has 4 aliphatic rings. The molecular formula is C21H36N4O3. The smallest absolute Gasteiger partial charge is 0.409 e. The minimum Gasteiger partial charge on any atom is -0.450 e. The summed E-state index contributed by atoms with van der Waals surface area (Å²) < 4.78 is 5.13. The first kappa shape index (κ1) is 19.8. The number of amides is 3. The van der Waals surface area contributed by atoms with Crippen molar-refractivity contribution in [3.63, 3.8) is 0 Å². The van der Waals surface area contributed by atoms with Gasteiger partial charge < -0.3 is 24.8 Å². The summed E-state index contributed by atoms with van der Waals surface area (Å²) in [5, 5.41) is 2.81. The molecule has 158 valence electrons. The Morgan fingerprint density at radius 3 is 2.54 bits per heavy atom. The number of hydrogen-bond acceptors (Lipinski definition) is 4. The summed E-state index contributed by atoms with van der Waals surface area (Å²) in [6.45, 7) is 7.30. The Balaban J connectivity index is 1.24. The van der Waals surface area contributed by atoms with Gasteiger partial charge in [-0.25, -0.2) is 9.59 Å². The fourth-order valence-electron chi connectivity index (χ4n) is 6.23. The number of carbonyl (C=O) groups is 2. The van der Waals surface area contributed by atoms with E-state index in [4.69, 9.17) is 4.74 Å². The molecule has 3 aliphatic heterocycles. The summed E-state index contributed by atoms with van der Waals surface area (Å²) in [4.78, 5) is 30.6. The van der Waals surface area contributed by atoms with E-state index >= 15 is 0 Å². The summed E-state index contributed by atoms with van der Waals surface area (Å²) in [5.41, 5.74) is 0.343. The number of ether oxygens (including phenoxy) is 1. The van der Waals surface area contributed by atoms with Crippen LogP contribution in [0.15, 0.2) is 0 Å². The van der Waals surface area contributed by atoms with Crippen LogP contribution in [0, 0.1) is 11.3 Å². The Bertz CT molecular complexity index is 584. The van der Waals surface area contributed by atoms with E-state index in [1.165, 1.54) is 32.1 Å². The third-order valence-electron chi connectivity index (χ3n) is 7.66. The number of carbonyl (C=O) groups excluding carboxylic acids is 2. The lowest BCUT2D eigenvalue weighted by Gasteiger charge is -2.48. The van der Waals surface area contributed by atoms with Crippen molar-refractivity contribution in [2.75, 3.05) is 46.4 Å². The molecular weight excluding hydrogens is 356 g/mol. The van der Waals surface area contributed by atoms with Crippen LogP contribution >= 0.6 is 0 Å². The Kier molecular flexibility index (Phi) is 5.72. The second-order valence-electron chi connectivity index (χ2n) is 9.28. The second kappa shape index (κ2) is 8.09. The molecule has 3 amide bonds. The highest BCUT2D eigenvalue weighted by Crippen LogP contribution is 2.48. The van der Waals surface area contributed by atoms with Crippen LogP contribution in [0.4, 0.5) is 9.59 Å². The maximum atomic E-state index is 12.1. The molecule has 1 saturated carbocycles. The Hall–Kier alpha value is -1.50. The zero-order valence-electron chi connectivity index (χ0n) is 17.5. The van der Waals surface area contributed by atoms with Crippen LogP contribution in [0.25, 0.3) is 0 Å². The number of piperidine rings is 1. The van der Waals surface area contributed by atoms with E-state index in [9.17, 15) is 9.59 Å². The highest BCUT2D eigenvalue weighted by molar-refractivity contribution is 5.74. The van der Waals surface area contributed by atoms with E-state index in [0.29, 0.717) is 30.0 Å². The first-order valence-corrected chi connectivity index (χ1v) is 11.2. The molecule has 3 saturated heterocycles. The number of nitrogens with zero attached hydrogens (tertiary/aromatic N) is 3. The van der Waals surface area contributed by atoms with Crippen molar-refractivity contribution in [1.29, 1.82) is 0 Å². The lowest BCUT2D eigenvalue weighted by atomic mass is 9.78. The van der Waals surface area contributed by atoms with Crippen molar-refractivity contribution < 1.29 is 14.3 Å². The number of rotatable bonds is 3. The van der Waals surface area contributed by atoms with Crippen molar-refractivity contribution in [2.24, 2.45) is 11.3 Å². The van der Waals surface area contributed by atoms with Gasteiger partial charge in [0.15, 0.2) is 0 Å². The molecule has 4 fully saturated rings. The highest BCUT2D eigenvalue weighted by Gasteiger charge is 2.51. The monoisotopic (exact) mass is 392 g/mol. The van der Waals surface area contributed by atoms with Crippen molar-refractivity contribution in [2.45, 2.75) is 64.0 Å². The summed E-state index contributed by atoms with van der Waals surface area (Å²) >= 11 is 0. The first-order valence-electron chi connectivity index (χ1n) is 11.2. The van der Waals surface area contributed by atoms with Gasteiger partial charge in [0.05, 0.1) is 6.61 Å². The lowest BCUT2D eigenvalue weighted by molar-refractivity contribution is -0.00455. The molecule has 3 heterocycles. The van der Waals surface area contributed by atoms with Gasteiger partial charge in [-0.1, -0.05) is 0 Å². The Morgan fingerprint density at radius 2 is 1.86 bits per heavy atom. The Labute approximate surface area is 168 Å². The zero-order valence-corrected chi connectivity index (χ0v) is 17.5. The molecule has 1 spiro atoms. The van der Waals surface area contributed by atoms with E-state index in [-0.39, 0.29) is 12.1 Å².